The summed E-state index contributed by atoms with van der Waals surface area (Å²) in [5.41, 5.74) is 5.29. The Bertz CT molecular complexity index is 450. The van der Waals surface area contributed by atoms with Crippen LogP contribution in [-0.2, 0) is 9.53 Å². The minimum absolute atomic E-state index is 0.126. The van der Waals surface area contributed by atoms with E-state index >= 15 is 0 Å². The van der Waals surface area contributed by atoms with Gasteiger partial charge in [0.1, 0.15) is 0 Å². The van der Waals surface area contributed by atoms with E-state index in [-0.39, 0.29) is 6.42 Å². The lowest BCUT2D eigenvalue weighted by atomic mass is 10.0. The Morgan fingerprint density at radius 2 is 2.29 bits per heavy atom. The Morgan fingerprint density at radius 1 is 1.65 bits per heavy atom. The first-order chi connectivity index (χ1) is 7.95. The summed E-state index contributed by atoms with van der Waals surface area (Å²) in [6, 6.07) is 2.51. The fraction of sp³-hybridized carbons (Fsp3) is 0.300. The molecule has 92 valence electrons. The number of esters is 1. The maximum absolute atomic E-state index is 13.0. The van der Waals surface area contributed by atoms with Gasteiger partial charge in [-0.25, -0.2) is 0 Å². The van der Waals surface area contributed by atoms with Crippen LogP contribution >= 0.6 is 0 Å². The molecular weight excluding hydrogens is 231 g/mol. The number of carbonyl (C=O) groups excluding carboxylic acids is 1. The van der Waals surface area contributed by atoms with Gasteiger partial charge in [0, 0.05) is 12.1 Å². The van der Waals surface area contributed by atoms with E-state index in [2.05, 4.69) is 4.74 Å². The van der Waals surface area contributed by atoms with Gasteiger partial charge in [0.05, 0.1) is 18.5 Å². The summed E-state index contributed by atoms with van der Waals surface area (Å²) in [5.74, 6) is -1.48. The van der Waals surface area contributed by atoms with Crippen LogP contribution in [-0.4, -0.2) is 18.0 Å². The van der Waals surface area contributed by atoms with Crippen molar-refractivity contribution in [1.29, 1.82) is 0 Å². The number of nitrogens with zero attached hydrogens (tertiary/aromatic N) is 1. The van der Waals surface area contributed by atoms with E-state index in [1.54, 1.807) is 0 Å². The number of nitro groups is 1. The second-order valence-electron chi connectivity index (χ2n) is 3.35. The molecule has 1 rings (SSSR count). The van der Waals surface area contributed by atoms with Gasteiger partial charge in [0.15, 0.2) is 0 Å². The molecule has 0 amide bonds. The number of benzene rings is 1. The van der Waals surface area contributed by atoms with Gasteiger partial charge in [-0.05, 0) is 11.6 Å². The van der Waals surface area contributed by atoms with Crippen molar-refractivity contribution >= 4 is 11.7 Å². The Labute approximate surface area is 96.3 Å². The highest BCUT2D eigenvalue weighted by atomic mass is 19.1. The second-order valence-corrected chi connectivity index (χ2v) is 3.35. The first kappa shape index (κ1) is 13.0. The Morgan fingerprint density at radius 3 is 2.82 bits per heavy atom. The van der Waals surface area contributed by atoms with Crippen molar-refractivity contribution in [3.63, 3.8) is 0 Å². The third kappa shape index (κ3) is 3.22. The first-order valence-electron chi connectivity index (χ1n) is 4.72. The lowest BCUT2D eigenvalue weighted by Gasteiger charge is -2.10. The van der Waals surface area contributed by atoms with Crippen LogP contribution in [0.3, 0.4) is 0 Å². The number of nitrogens with two attached hydrogens (primary N) is 1. The van der Waals surface area contributed by atoms with Crippen molar-refractivity contribution in [3.05, 3.63) is 39.7 Å². The lowest BCUT2D eigenvalue weighted by Crippen LogP contribution is -2.16. The monoisotopic (exact) mass is 242 g/mol. The topological polar surface area (TPSA) is 95.5 Å². The Hall–Kier alpha value is -2.02. The predicted octanol–water partition coefficient (Wildman–Crippen LogP) is 1.30. The van der Waals surface area contributed by atoms with Crippen molar-refractivity contribution in [2.75, 3.05) is 7.11 Å². The summed E-state index contributed by atoms with van der Waals surface area (Å²) < 4.78 is 17.5. The highest BCUT2D eigenvalue weighted by Crippen LogP contribution is 2.23. The van der Waals surface area contributed by atoms with E-state index in [9.17, 15) is 19.3 Å². The number of ether oxygens (including phenoxy) is 1. The number of carbonyl (C=O) groups is 1. The zero-order valence-electron chi connectivity index (χ0n) is 9.05. The second kappa shape index (κ2) is 5.35. The Balaban J connectivity index is 2.95. The smallest absolute Gasteiger partial charge is 0.307 e. The fourth-order valence-corrected chi connectivity index (χ4v) is 1.28. The van der Waals surface area contributed by atoms with E-state index in [1.807, 2.05) is 0 Å². The van der Waals surface area contributed by atoms with Crippen molar-refractivity contribution in [1.82, 2.24) is 0 Å². The number of methoxy groups -OCH3 is 1. The van der Waals surface area contributed by atoms with E-state index in [0.717, 1.165) is 12.1 Å². The van der Waals surface area contributed by atoms with Crippen LogP contribution in [0.1, 0.15) is 18.0 Å². The van der Waals surface area contributed by atoms with Crippen molar-refractivity contribution in [2.45, 2.75) is 12.5 Å². The van der Waals surface area contributed by atoms with Crippen molar-refractivity contribution in [3.8, 4) is 0 Å². The van der Waals surface area contributed by atoms with E-state index in [0.29, 0.717) is 5.56 Å². The van der Waals surface area contributed by atoms with E-state index < -0.39 is 28.4 Å². The van der Waals surface area contributed by atoms with Crippen LogP contribution in [0.4, 0.5) is 10.1 Å². The van der Waals surface area contributed by atoms with Gasteiger partial charge in [-0.15, -0.1) is 0 Å². The molecule has 0 saturated carbocycles. The Kier molecular flexibility index (Phi) is 4.11. The summed E-state index contributed by atoms with van der Waals surface area (Å²) in [6.07, 6.45) is -0.126. The van der Waals surface area contributed by atoms with Crippen LogP contribution in [0.25, 0.3) is 0 Å². The largest absolute Gasteiger partial charge is 0.469 e. The van der Waals surface area contributed by atoms with E-state index in [4.69, 9.17) is 5.73 Å². The van der Waals surface area contributed by atoms with E-state index in [1.165, 1.54) is 13.2 Å². The average molecular weight is 242 g/mol. The molecule has 1 atom stereocenters. The minimum Gasteiger partial charge on any atom is -0.469 e. The van der Waals surface area contributed by atoms with Gasteiger partial charge < -0.3 is 10.5 Å². The van der Waals surface area contributed by atoms with Crippen LogP contribution in [0.2, 0.25) is 0 Å². The highest BCUT2D eigenvalue weighted by molar-refractivity contribution is 5.70. The summed E-state index contributed by atoms with van der Waals surface area (Å²) in [7, 11) is 1.21. The molecule has 0 aliphatic rings. The lowest BCUT2D eigenvalue weighted by molar-refractivity contribution is -0.387. The number of halogens is 1. The molecule has 0 spiro atoms. The molecule has 1 aromatic rings. The molecule has 0 aliphatic heterocycles. The molecule has 0 heterocycles. The number of hydrogen-bond acceptors (Lipinski definition) is 5. The molecule has 0 fully saturated rings. The zero-order chi connectivity index (χ0) is 13.0. The predicted molar refractivity (Wildman–Crippen MR) is 56.6 cm³/mol. The molecule has 7 heteroatoms. The molecule has 1 aromatic carbocycles. The molecule has 0 aliphatic carbocycles. The van der Waals surface area contributed by atoms with Crippen LogP contribution < -0.4 is 5.73 Å². The van der Waals surface area contributed by atoms with Crippen LogP contribution in [0.15, 0.2) is 18.2 Å². The first-order valence-corrected chi connectivity index (χ1v) is 4.72. The number of rotatable bonds is 4. The van der Waals surface area contributed by atoms with Gasteiger partial charge in [0.25, 0.3) is 0 Å². The third-order valence-corrected chi connectivity index (χ3v) is 2.21. The maximum atomic E-state index is 13.0. The summed E-state index contributed by atoms with van der Waals surface area (Å²) >= 11 is 0. The maximum Gasteiger partial charge on any atom is 0.307 e. The van der Waals surface area contributed by atoms with Crippen molar-refractivity contribution < 1.29 is 18.8 Å². The quantitative estimate of drug-likeness (QED) is 0.487. The molecule has 6 nitrogen and oxygen atoms in total. The van der Waals surface area contributed by atoms with Crippen molar-refractivity contribution in [2.24, 2.45) is 5.73 Å². The third-order valence-electron chi connectivity index (χ3n) is 2.21. The normalized spacial score (nSPS) is 11.9. The summed E-state index contributed by atoms with van der Waals surface area (Å²) in [4.78, 5) is 20.6. The summed E-state index contributed by atoms with van der Waals surface area (Å²) in [5, 5.41) is 10.5. The SMILES string of the molecule is COC(=O)C[C@@H](N)c1ccc(F)c([N+](=O)[O-])c1. The van der Waals surface area contributed by atoms with Crippen LogP contribution in [0, 0.1) is 15.9 Å². The molecule has 17 heavy (non-hydrogen) atoms. The highest BCUT2D eigenvalue weighted by Gasteiger charge is 2.18. The molecule has 2 N–H and O–H groups in total. The summed E-state index contributed by atoms with van der Waals surface area (Å²) in [6.45, 7) is 0. The van der Waals surface area contributed by atoms with Gasteiger partial charge in [0.2, 0.25) is 5.82 Å². The molecule has 0 bridgehead atoms. The average Bonchev–Trinajstić information content (AvgIpc) is 2.28. The number of nitro benzene ring substituents is 1. The fourth-order valence-electron chi connectivity index (χ4n) is 1.28. The zero-order valence-corrected chi connectivity index (χ0v) is 9.05. The van der Waals surface area contributed by atoms with Gasteiger partial charge in [-0.1, -0.05) is 6.07 Å². The van der Waals surface area contributed by atoms with Gasteiger partial charge in [-0.3, -0.25) is 14.9 Å². The molecule has 0 saturated heterocycles. The minimum atomic E-state index is -0.941. The molecule has 0 radical (unpaired) electrons. The van der Waals surface area contributed by atoms with Gasteiger partial charge in [-0.2, -0.15) is 4.39 Å². The standard InChI is InChI=1S/C10H11FN2O4/c1-17-10(14)5-8(12)6-2-3-7(11)9(4-6)13(15)16/h2-4,8H,5,12H2,1H3/t8-/m1/s1. The van der Waals surface area contributed by atoms with Crippen LogP contribution in [0.5, 0.6) is 0 Å². The molecule has 0 aromatic heterocycles. The van der Waals surface area contributed by atoms with Gasteiger partial charge >= 0.3 is 11.7 Å². The number of hydrogen-bond donors (Lipinski definition) is 1. The molecular formula is C10H11FN2O4. The molecule has 0 unspecified atom stereocenters.